The van der Waals surface area contributed by atoms with E-state index in [0.29, 0.717) is 26.4 Å². The zero-order valence-corrected chi connectivity index (χ0v) is 13.2. The van der Waals surface area contributed by atoms with Gasteiger partial charge in [-0.1, -0.05) is 39.7 Å². The predicted molar refractivity (Wildman–Crippen MR) is 87.4 cm³/mol. The van der Waals surface area contributed by atoms with Crippen LogP contribution in [0.3, 0.4) is 0 Å². The lowest BCUT2D eigenvalue weighted by Gasteiger charge is -2.09. The topological polar surface area (TPSA) is 37.8 Å². The predicted octanol–water partition coefficient (Wildman–Crippen LogP) is 4.46. The SMILES string of the molecule is O=c1c2ccc(Br)cc2[nH]c(=S)n1-c1ccccc1Cl. The van der Waals surface area contributed by atoms with Gasteiger partial charge in [-0.2, -0.15) is 0 Å². The van der Waals surface area contributed by atoms with Crippen LogP contribution in [0.1, 0.15) is 0 Å². The Kier molecular flexibility index (Phi) is 3.50. The molecule has 3 nitrogen and oxygen atoms in total. The number of halogens is 2. The molecule has 0 fully saturated rings. The van der Waals surface area contributed by atoms with Crippen LogP contribution in [-0.4, -0.2) is 9.55 Å². The van der Waals surface area contributed by atoms with Crippen LogP contribution in [0.15, 0.2) is 51.7 Å². The summed E-state index contributed by atoms with van der Waals surface area (Å²) in [6.07, 6.45) is 0. The molecule has 0 aliphatic heterocycles. The van der Waals surface area contributed by atoms with Gasteiger partial charge in [0.1, 0.15) is 0 Å². The van der Waals surface area contributed by atoms with Crippen LogP contribution >= 0.6 is 39.7 Å². The molecule has 0 aliphatic rings. The first-order valence-corrected chi connectivity index (χ1v) is 7.35. The highest BCUT2D eigenvalue weighted by atomic mass is 79.9. The van der Waals surface area contributed by atoms with E-state index in [2.05, 4.69) is 20.9 Å². The maximum absolute atomic E-state index is 12.6. The van der Waals surface area contributed by atoms with Crippen molar-refractivity contribution in [3.63, 3.8) is 0 Å². The quantitative estimate of drug-likeness (QED) is 0.645. The second-order valence-corrected chi connectivity index (χ2v) is 5.92. The molecule has 0 radical (unpaired) electrons. The maximum atomic E-state index is 12.6. The molecule has 0 atom stereocenters. The first-order valence-electron chi connectivity index (χ1n) is 5.77. The molecule has 2 aromatic carbocycles. The Bertz CT molecular complexity index is 932. The van der Waals surface area contributed by atoms with Crippen molar-refractivity contribution in [3.8, 4) is 5.69 Å². The standard InChI is InChI=1S/C14H8BrClN2OS/c15-8-5-6-9-11(7-8)17-14(20)18(13(9)19)12-4-2-1-3-10(12)16/h1-7H,(H,17,20). The molecular weight excluding hydrogens is 360 g/mol. The van der Waals surface area contributed by atoms with Crippen molar-refractivity contribution in [3.05, 3.63) is 67.1 Å². The fraction of sp³-hybridized carbons (Fsp3) is 0. The van der Waals surface area contributed by atoms with E-state index in [1.54, 1.807) is 18.2 Å². The van der Waals surface area contributed by atoms with Crippen LogP contribution in [-0.2, 0) is 0 Å². The Balaban J connectivity index is 2.44. The highest BCUT2D eigenvalue weighted by molar-refractivity contribution is 9.10. The lowest BCUT2D eigenvalue weighted by molar-refractivity contribution is 0.940. The zero-order valence-electron chi connectivity index (χ0n) is 10.1. The molecule has 1 aromatic heterocycles. The Morgan fingerprint density at radius 3 is 2.70 bits per heavy atom. The molecule has 0 spiro atoms. The molecule has 3 aromatic rings. The number of nitrogens with zero attached hydrogens (tertiary/aromatic N) is 1. The number of aromatic amines is 1. The van der Waals surface area contributed by atoms with E-state index < -0.39 is 0 Å². The van der Waals surface area contributed by atoms with Crippen LogP contribution < -0.4 is 5.56 Å². The molecule has 20 heavy (non-hydrogen) atoms. The van der Waals surface area contributed by atoms with Crippen molar-refractivity contribution in [2.75, 3.05) is 0 Å². The van der Waals surface area contributed by atoms with Crippen LogP contribution in [0.5, 0.6) is 0 Å². The largest absolute Gasteiger partial charge is 0.331 e. The lowest BCUT2D eigenvalue weighted by Crippen LogP contribution is -2.20. The summed E-state index contributed by atoms with van der Waals surface area (Å²) < 4.78 is 2.60. The van der Waals surface area contributed by atoms with E-state index in [1.807, 2.05) is 24.3 Å². The fourth-order valence-corrected chi connectivity index (χ4v) is 2.91. The van der Waals surface area contributed by atoms with Crippen molar-refractivity contribution < 1.29 is 0 Å². The molecule has 1 N–H and O–H groups in total. The summed E-state index contributed by atoms with van der Waals surface area (Å²) in [5.41, 5.74) is 1.08. The van der Waals surface area contributed by atoms with E-state index in [0.717, 1.165) is 4.47 Å². The monoisotopic (exact) mass is 366 g/mol. The second-order valence-electron chi connectivity index (χ2n) is 4.21. The third kappa shape index (κ3) is 2.22. The van der Waals surface area contributed by atoms with E-state index in [1.165, 1.54) is 4.57 Å². The third-order valence-corrected chi connectivity index (χ3v) is 4.05. The molecule has 3 rings (SSSR count). The molecule has 1 heterocycles. The van der Waals surface area contributed by atoms with Crippen molar-refractivity contribution in [1.29, 1.82) is 0 Å². The molecule has 0 bridgehead atoms. The van der Waals surface area contributed by atoms with Gasteiger partial charge >= 0.3 is 0 Å². The number of hydrogen-bond donors (Lipinski definition) is 1. The van der Waals surface area contributed by atoms with Crippen molar-refractivity contribution in [2.24, 2.45) is 0 Å². The van der Waals surface area contributed by atoms with Gasteiger partial charge in [-0.3, -0.25) is 9.36 Å². The summed E-state index contributed by atoms with van der Waals surface area (Å²) in [5.74, 6) is 0. The zero-order chi connectivity index (χ0) is 14.3. The van der Waals surface area contributed by atoms with Gasteiger partial charge < -0.3 is 4.98 Å². The van der Waals surface area contributed by atoms with Crippen LogP contribution in [0.2, 0.25) is 5.02 Å². The van der Waals surface area contributed by atoms with E-state index in [4.69, 9.17) is 23.8 Å². The fourth-order valence-electron chi connectivity index (χ4n) is 2.04. The average molecular weight is 368 g/mol. The number of hydrogen-bond acceptors (Lipinski definition) is 2. The molecule has 0 amide bonds. The minimum Gasteiger partial charge on any atom is -0.331 e. The van der Waals surface area contributed by atoms with Gasteiger partial charge in [-0.15, -0.1) is 0 Å². The highest BCUT2D eigenvalue weighted by Crippen LogP contribution is 2.20. The number of benzene rings is 2. The molecular formula is C14H8BrClN2OS. The first kappa shape index (κ1) is 13.5. The maximum Gasteiger partial charge on any atom is 0.266 e. The summed E-state index contributed by atoms with van der Waals surface area (Å²) in [6, 6.07) is 12.5. The average Bonchev–Trinajstić information content (AvgIpc) is 2.40. The van der Waals surface area contributed by atoms with Crippen LogP contribution in [0.4, 0.5) is 0 Å². The third-order valence-electron chi connectivity index (χ3n) is 2.95. The van der Waals surface area contributed by atoms with Gasteiger partial charge in [0.25, 0.3) is 5.56 Å². The van der Waals surface area contributed by atoms with E-state index >= 15 is 0 Å². The first-order chi connectivity index (χ1) is 9.58. The van der Waals surface area contributed by atoms with Crippen LogP contribution in [0, 0.1) is 4.77 Å². The van der Waals surface area contributed by atoms with Gasteiger partial charge in [0, 0.05) is 4.47 Å². The Hall–Kier alpha value is -1.43. The van der Waals surface area contributed by atoms with Gasteiger partial charge in [-0.05, 0) is 42.5 Å². The molecule has 0 unspecified atom stereocenters. The Morgan fingerprint density at radius 1 is 1.20 bits per heavy atom. The molecule has 0 aliphatic carbocycles. The van der Waals surface area contributed by atoms with Gasteiger partial charge in [0.05, 0.1) is 21.6 Å². The van der Waals surface area contributed by atoms with Gasteiger partial charge in [0.2, 0.25) is 0 Å². The van der Waals surface area contributed by atoms with Crippen molar-refractivity contribution in [2.45, 2.75) is 0 Å². The minimum absolute atomic E-state index is 0.190. The summed E-state index contributed by atoms with van der Waals surface area (Å²) >= 11 is 14.8. The van der Waals surface area contributed by atoms with Gasteiger partial charge in [-0.25, -0.2) is 0 Å². The van der Waals surface area contributed by atoms with Crippen molar-refractivity contribution >= 4 is 50.7 Å². The minimum atomic E-state index is -0.190. The lowest BCUT2D eigenvalue weighted by atomic mass is 10.2. The molecule has 6 heteroatoms. The Morgan fingerprint density at radius 2 is 1.95 bits per heavy atom. The Labute approximate surface area is 133 Å². The smallest absolute Gasteiger partial charge is 0.266 e. The number of fused-ring (bicyclic) bond motifs is 1. The number of H-pyrrole nitrogens is 1. The van der Waals surface area contributed by atoms with E-state index in [9.17, 15) is 4.79 Å². The van der Waals surface area contributed by atoms with E-state index in [-0.39, 0.29) is 5.56 Å². The normalized spacial score (nSPS) is 10.9. The number of aromatic nitrogens is 2. The second kappa shape index (κ2) is 5.16. The summed E-state index contributed by atoms with van der Waals surface area (Å²) in [4.78, 5) is 15.7. The van der Waals surface area contributed by atoms with Crippen molar-refractivity contribution in [1.82, 2.24) is 9.55 Å². The molecule has 0 saturated heterocycles. The highest BCUT2D eigenvalue weighted by Gasteiger charge is 2.10. The summed E-state index contributed by atoms with van der Waals surface area (Å²) in [7, 11) is 0. The number of rotatable bonds is 1. The van der Waals surface area contributed by atoms with Gasteiger partial charge in [0.15, 0.2) is 4.77 Å². The summed E-state index contributed by atoms with van der Waals surface area (Å²) in [5, 5.41) is 1.03. The number of nitrogens with one attached hydrogen (secondary N) is 1. The summed E-state index contributed by atoms with van der Waals surface area (Å²) in [6.45, 7) is 0. The molecule has 0 saturated carbocycles. The molecule has 100 valence electrons. The number of para-hydroxylation sites is 1. The van der Waals surface area contributed by atoms with Crippen LogP contribution in [0.25, 0.3) is 16.6 Å².